The number of phenols is 2. The van der Waals surface area contributed by atoms with Gasteiger partial charge >= 0.3 is 0 Å². The van der Waals surface area contributed by atoms with E-state index >= 15 is 0 Å². The summed E-state index contributed by atoms with van der Waals surface area (Å²) in [6, 6.07) is 9.28. The molecule has 8 nitrogen and oxygen atoms in total. The molecule has 0 atom stereocenters. The van der Waals surface area contributed by atoms with Crippen LogP contribution in [0.2, 0.25) is 5.02 Å². The van der Waals surface area contributed by atoms with Crippen molar-refractivity contribution in [2.45, 2.75) is 4.90 Å². The SMILES string of the molecule is Nc1cc(S(=O)(=O)O)cc2ccc(/N=N/c3cc(Cl)ccc3O)c(O)c12. The maximum Gasteiger partial charge on any atom is 0.294 e. The molecule has 0 saturated carbocycles. The van der Waals surface area contributed by atoms with Crippen LogP contribution in [-0.2, 0) is 10.1 Å². The Morgan fingerprint density at radius 1 is 0.962 bits per heavy atom. The van der Waals surface area contributed by atoms with Gasteiger partial charge in [0.2, 0.25) is 0 Å². The molecule has 0 bridgehead atoms. The Balaban J connectivity index is 2.11. The number of anilines is 1. The number of phenolic OH excluding ortho intramolecular Hbond substituents is 2. The highest BCUT2D eigenvalue weighted by Gasteiger charge is 2.16. The van der Waals surface area contributed by atoms with Crippen molar-refractivity contribution in [3.8, 4) is 11.5 Å². The van der Waals surface area contributed by atoms with Crippen LogP contribution in [0.25, 0.3) is 10.8 Å². The van der Waals surface area contributed by atoms with Crippen molar-refractivity contribution in [3.63, 3.8) is 0 Å². The van der Waals surface area contributed by atoms with E-state index in [1.807, 2.05) is 0 Å². The Kier molecular flexibility index (Phi) is 4.45. The third-order valence-electron chi connectivity index (χ3n) is 3.57. The number of hydrogen-bond donors (Lipinski definition) is 4. The first-order valence-corrected chi connectivity index (χ1v) is 8.91. The monoisotopic (exact) mass is 393 g/mol. The number of nitrogens with two attached hydrogens (primary N) is 1. The number of hydrogen-bond acceptors (Lipinski definition) is 7. The van der Waals surface area contributed by atoms with Crippen LogP contribution in [-0.4, -0.2) is 23.2 Å². The second kappa shape index (κ2) is 6.45. The average Bonchev–Trinajstić information content (AvgIpc) is 2.56. The number of benzene rings is 3. The molecule has 0 unspecified atom stereocenters. The maximum absolute atomic E-state index is 11.3. The summed E-state index contributed by atoms with van der Waals surface area (Å²) in [5.74, 6) is -0.470. The number of halogens is 1. The molecule has 0 amide bonds. The fraction of sp³-hybridized carbons (Fsp3) is 0. The largest absolute Gasteiger partial charge is 0.506 e. The number of azo groups is 1. The molecule has 5 N–H and O–H groups in total. The van der Waals surface area contributed by atoms with Crippen LogP contribution in [0.4, 0.5) is 17.1 Å². The fourth-order valence-corrected chi connectivity index (χ4v) is 3.07. The summed E-state index contributed by atoms with van der Waals surface area (Å²) < 4.78 is 31.7. The molecule has 0 aliphatic carbocycles. The van der Waals surface area contributed by atoms with Crippen LogP contribution in [0.1, 0.15) is 0 Å². The topological polar surface area (TPSA) is 146 Å². The van der Waals surface area contributed by atoms with E-state index in [4.69, 9.17) is 21.9 Å². The van der Waals surface area contributed by atoms with Crippen LogP contribution in [0, 0.1) is 0 Å². The van der Waals surface area contributed by atoms with E-state index < -0.39 is 10.1 Å². The van der Waals surface area contributed by atoms with Crippen LogP contribution < -0.4 is 5.73 Å². The quantitative estimate of drug-likeness (QED) is 0.298. The minimum atomic E-state index is -4.44. The molecule has 0 saturated heterocycles. The summed E-state index contributed by atoms with van der Waals surface area (Å²) in [4.78, 5) is -0.389. The molecule has 134 valence electrons. The summed E-state index contributed by atoms with van der Waals surface area (Å²) in [6.45, 7) is 0. The van der Waals surface area contributed by atoms with Crippen molar-refractivity contribution >= 4 is 49.6 Å². The lowest BCUT2D eigenvalue weighted by Gasteiger charge is -2.08. The zero-order valence-corrected chi connectivity index (χ0v) is 14.5. The van der Waals surface area contributed by atoms with E-state index in [1.165, 1.54) is 36.4 Å². The lowest BCUT2D eigenvalue weighted by atomic mass is 10.1. The van der Waals surface area contributed by atoms with Crippen molar-refractivity contribution in [2.24, 2.45) is 10.2 Å². The van der Waals surface area contributed by atoms with Crippen LogP contribution in [0.5, 0.6) is 11.5 Å². The minimum absolute atomic E-state index is 0.0446. The summed E-state index contributed by atoms with van der Waals surface area (Å²) in [6.07, 6.45) is 0. The van der Waals surface area contributed by atoms with Crippen molar-refractivity contribution in [1.82, 2.24) is 0 Å². The zero-order chi connectivity index (χ0) is 19.1. The van der Waals surface area contributed by atoms with Gasteiger partial charge in [0, 0.05) is 16.1 Å². The molecular weight excluding hydrogens is 382 g/mol. The zero-order valence-electron chi connectivity index (χ0n) is 13.0. The molecule has 0 aliphatic rings. The molecule has 10 heteroatoms. The van der Waals surface area contributed by atoms with Crippen molar-refractivity contribution in [2.75, 3.05) is 5.73 Å². The summed E-state index contributed by atoms with van der Waals surface area (Å²) in [5.41, 5.74) is 5.90. The number of fused-ring (bicyclic) bond motifs is 1. The molecule has 0 spiro atoms. The second-order valence-electron chi connectivity index (χ2n) is 5.35. The van der Waals surface area contributed by atoms with Gasteiger partial charge in [-0.1, -0.05) is 17.7 Å². The van der Waals surface area contributed by atoms with Crippen molar-refractivity contribution in [1.29, 1.82) is 0 Å². The Bertz CT molecular complexity index is 1160. The average molecular weight is 394 g/mol. The van der Waals surface area contributed by atoms with Crippen LogP contribution in [0.15, 0.2) is 57.6 Å². The number of nitrogen functional groups attached to an aromatic ring is 1. The third-order valence-corrected chi connectivity index (χ3v) is 4.64. The van der Waals surface area contributed by atoms with Gasteiger partial charge in [0.25, 0.3) is 10.1 Å². The minimum Gasteiger partial charge on any atom is -0.506 e. The summed E-state index contributed by atoms with van der Waals surface area (Å²) in [7, 11) is -4.44. The van der Waals surface area contributed by atoms with Gasteiger partial charge < -0.3 is 15.9 Å². The molecule has 0 heterocycles. The first-order chi connectivity index (χ1) is 12.2. The fourth-order valence-electron chi connectivity index (χ4n) is 2.35. The molecular formula is C16H12ClN3O5S. The van der Waals surface area contributed by atoms with Gasteiger partial charge in [-0.25, -0.2) is 0 Å². The highest BCUT2D eigenvalue weighted by Crippen LogP contribution is 2.40. The van der Waals surface area contributed by atoms with Crippen LogP contribution in [0.3, 0.4) is 0 Å². The van der Waals surface area contributed by atoms with Crippen LogP contribution >= 0.6 is 11.6 Å². The Labute approximate surface area is 152 Å². The molecule has 0 fully saturated rings. The smallest absolute Gasteiger partial charge is 0.294 e. The first kappa shape index (κ1) is 17.9. The lowest BCUT2D eigenvalue weighted by Crippen LogP contribution is -2.00. The van der Waals surface area contributed by atoms with E-state index in [0.29, 0.717) is 10.4 Å². The predicted molar refractivity (Wildman–Crippen MR) is 97.1 cm³/mol. The van der Waals surface area contributed by atoms with Crippen molar-refractivity contribution in [3.05, 3.63) is 47.5 Å². The first-order valence-electron chi connectivity index (χ1n) is 7.10. The molecule has 3 aromatic rings. The third kappa shape index (κ3) is 3.40. The summed E-state index contributed by atoms with van der Waals surface area (Å²) in [5, 5.41) is 28.6. The predicted octanol–water partition coefficient (Wildman–Crippen LogP) is 4.15. The van der Waals surface area contributed by atoms with Gasteiger partial charge in [0.1, 0.15) is 17.1 Å². The Hall–Kier alpha value is -2.88. The number of rotatable bonds is 3. The van der Waals surface area contributed by atoms with Gasteiger partial charge in [-0.15, -0.1) is 10.2 Å². The molecule has 0 aromatic heterocycles. The Morgan fingerprint density at radius 3 is 2.35 bits per heavy atom. The Morgan fingerprint density at radius 2 is 1.65 bits per heavy atom. The van der Waals surface area contributed by atoms with Crippen molar-refractivity contribution < 1.29 is 23.2 Å². The molecule has 3 aromatic carbocycles. The van der Waals surface area contributed by atoms with Gasteiger partial charge in [0.15, 0.2) is 5.75 Å². The van der Waals surface area contributed by atoms with E-state index in [2.05, 4.69) is 10.2 Å². The molecule has 3 rings (SSSR count). The van der Waals surface area contributed by atoms with Gasteiger partial charge in [-0.3, -0.25) is 4.55 Å². The van der Waals surface area contributed by atoms with Gasteiger partial charge in [0.05, 0.1) is 4.90 Å². The number of nitrogens with zero attached hydrogens (tertiary/aromatic N) is 2. The van der Waals surface area contributed by atoms with E-state index in [-0.39, 0.29) is 38.8 Å². The normalized spacial score (nSPS) is 12.1. The standard InChI is InChI=1S/C16H12ClN3O5S/c17-9-2-4-14(21)13(6-9)20-19-12-3-1-8-5-10(26(23,24)25)7-11(18)15(8)16(12)22/h1-7,21-22H,18H2,(H,23,24,25)/b20-19+. The molecule has 0 aliphatic heterocycles. The lowest BCUT2D eigenvalue weighted by molar-refractivity contribution is 0.475. The molecule has 0 radical (unpaired) electrons. The highest BCUT2D eigenvalue weighted by molar-refractivity contribution is 7.85. The molecule has 26 heavy (non-hydrogen) atoms. The maximum atomic E-state index is 11.3. The van der Waals surface area contributed by atoms with E-state index in [1.54, 1.807) is 0 Å². The van der Waals surface area contributed by atoms with Gasteiger partial charge in [-0.2, -0.15) is 8.42 Å². The van der Waals surface area contributed by atoms with E-state index in [0.717, 1.165) is 6.07 Å². The number of aromatic hydroxyl groups is 2. The van der Waals surface area contributed by atoms with Gasteiger partial charge in [-0.05, 0) is 41.8 Å². The summed E-state index contributed by atoms with van der Waals surface area (Å²) >= 11 is 5.83. The van der Waals surface area contributed by atoms with E-state index in [9.17, 15) is 18.6 Å². The highest BCUT2D eigenvalue weighted by atomic mass is 35.5. The second-order valence-corrected chi connectivity index (χ2v) is 7.21.